The number of benzene rings is 2. The van der Waals surface area contributed by atoms with Gasteiger partial charge in [-0.2, -0.15) is 0 Å². The van der Waals surface area contributed by atoms with E-state index in [1.807, 2.05) is 48.5 Å². The molecule has 2 aromatic carbocycles. The van der Waals surface area contributed by atoms with Crippen LogP contribution in [0.5, 0.6) is 11.5 Å². The predicted octanol–water partition coefficient (Wildman–Crippen LogP) is 3.83. The fourth-order valence-electron chi connectivity index (χ4n) is 1.91. The monoisotopic (exact) mass is 350 g/mol. The Morgan fingerprint density at radius 2 is 1.38 bits per heavy atom. The summed E-state index contributed by atoms with van der Waals surface area (Å²) in [5, 5.41) is 9.32. The summed E-state index contributed by atoms with van der Waals surface area (Å²) in [4.78, 5) is 0. The lowest BCUT2D eigenvalue weighted by molar-refractivity contribution is 0.195. The van der Waals surface area contributed by atoms with Gasteiger partial charge in [-0.05, 0) is 55.3 Å². The van der Waals surface area contributed by atoms with E-state index in [2.05, 4.69) is 15.9 Å². The molecule has 0 aliphatic carbocycles. The SMILES string of the molecule is CC(O)Cc1ccc(OCCOc2ccc(Br)cc2)cc1. The highest BCUT2D eigenvalue weighted by Crippen LogP contribution is 2.16. The van der Waals surface area contributed by atoms with Gasteiger partial charge in [-0.3, -0.25) is 0 Å². The van der Waals surface area contributed by atoms with Crippen LogP contribution >= 0.6 is 15.9 Å². The number of hydrogen-bond acceptors (Lipinski definition) is 3. The molecule has 0 saturated carbocycles. The normalized spacial score (nSPS) is 12.0. The lowest BCUT2D eigenvalue weighted by atomic mass is 10.1. The van der Waals surface area contributed by atoms with Crippen molar-refractivity contribution in [1.82, 2.24) is 0 Å². The van der Waals surface area contributed by atoms with Gasteiger partial charge in [0, 0.05) is 4.47 Å². The number of hydrogen-bond donors (Lipinski definition) is 1. The maximum atomic E-state index is 9.32. The van der Waals surface area contributed by atoms with Crippen LogP contribution in [0.3, 0.4) is 0 Å². The summed E-state index contributed by atoms with van der Waals surface area (Å²) in [6, 6.07) is 15.5. The molecule has 1 atom stereocenters. The summed E-state index contributed by atoms with van der Waals surface area (Å²) in [5.74, 6) is 1.64. The van der Waals surface area contributed by atoms with E-state index in [0.717, 1.165) is 21.5 Å². The van der Waals surface area contributed by atoms with Crippen LogP contribution < -0.4 is 9.47 Å². The smallest absolute Gasteiger partial charge is 0.122 e. The van der Waals surface area contributed by atoms with Crippen LogP contribution in [0.2, 0.25) is 0 Å². The molecular weight excluding hydrogens is 332 g/mol. The van der Waals surface area contributed by atoms with Crippen molar-refractivity contribution in [1.29, 1.82) is 0 Å². The Bertz CT molecular complexity index is 535. The second-order valence-electron chi connectivity index (χ2n) is 4.85. The molecule has 0 spiro atoms. The van der Waals surface area contributed by atoms with Crippen LogP contribution in [0.4, 0.5) is 0 Å². The first kappa shape index (κ1) is 15.9. The molecule has 0 aliphatic heterocycles. The van der Waals surface area contributed by atoms with E-state index in [-0.39, 0.29) is 6.10 Å². The van der Waals surface area contributed by atoms with Crippen LogP contribution in [-0.2, 0) is 6.42 Å². The minimum atomic E-state index is -0.323. The van der Waals surface area contributed by atoms with Crippen molar-refractivity contribution in [3.63, 3.8) is 0 Å². The maximum Gasteiger partial charge on any atom is 0.122 e. The molecule has 3 nitrogen and oxygen atoms in total. The van der Waals surface area contributed by atoms with Crippen molar-refractivity contribution in [2.75, 3.05) is 13.2 Å². The summed E-state index contributed by atoms with van der Waals surface area (Å²) >= 11 is 3.38. The molecule has 0 fully saturated rings. The molecule has 0 heterocycles. The molecule has 2 aromatic rings. The zero-order valence-corrected chi connectivity index (χ0v) is 13.5. The van der Waals surface area contributed by atoms with E-state index in [0.29, 0.717) is 19.6 Å². The molecular formula is C17H19BrO3. The van der Waals surface area contributed by atoms with E-state index in [1.165, 1.54) is 0 Å². The zero-order valence-electron chi connectivity index (χ0n) is 12.0. The van der Waals surface area contributed by atoms with Crippen molar-refractivity contribution >= 4 is 15.9 Å². The number of aliphatic hydroxyl groups is 1. The van der Waals surface area contributed by atoms with Crippen molar-refractivity contribution < 1.29 is 14.6 Å². The third-order valence-electron chi connectivity index (χ3n) is 2.89. The first-order valence-electron chi connectivity index (χ1n) is 6.91. The Labute approximate surface area is 133 Å². The van der Waals surface area contributed by atoms with Crippen molar-refractivity contribution in [2.45, 2.75) is 19.4 Å². The average molecular weight is 351 g/mol. The summed E-state index contributed by atoms with van der Waals surface area (Å²) in [5.41, 5.74) is 1.10. The molecule has 4 heteroatoms. The van der Waals surface area contributed by atoms with Crippen LogP contribution in [0.15, 0.2) is 53.0 Å². The molecule has 1 unspecified atom stereocenters. The number of halogens is 1. The zero-order chi connectivity index (χ0) is 15.1. The third-order valence-corrected chi connectivity index (χ3v) is 3.42. The second kappa shape index (κ2) is 8.05. The highest BCUT2D eigenvalue weighted by Gasteiger charge is 2.00. The van der Waals surface area contributed by atoms with Gasteiger partial charge in [0.25, 0.3) is 0 Å². The summed E-state index contributed by atoms with van der Waals surface area (Å²) < 4.78 is 12.2. The Morgan fingerprint density at radius 1 is 0.905 bits per heavy atom. The molecule has 0 radical (unpaired) electrons. The molecule has 0 aromatic heterocycles. The third kappa shape index (κ3) is 5.78. The van der Waals surface area contributed by atoms with Crippen LogP contribution in [0.25, 0.3) is 0 Å². The van der Waals surface area contributed by atoms with Crippen LogP contribution in [0, 0.1) is 0 Å². The highest BCUT2D eigenvalue weighted by atomic mass is 79.9. The average Bonchev–Trinajstić information content (AvgIpc) is 2.46. The molecule has 1 N–H and O–H groups in total. The van der Waals surface area contributed by atoms with E-state index in [9.17, 15) is 5.11 Å². The quantitative estimate of drug-likeness (QED) is 0.771. The first-order chi connectivity index (χ1) is 10.1. The summed E-state index contributed by atoms with van der Waals surface area (Å²) in [6.07, 6.45) is 0.337. The molecule has 21 heavy (non-hydrogen) atoms. The Morgan fingerprint density at radius 3 is 1.86 bits per heavy atom. The number of aliphatic hydroxyl groups excluding tert-OH is 1. The lowest BCUT2D eigenvalue weighted by Crippen LogP contribution is -2.09. The number of rotatable bonds is 7. The molecule has 0 bridgehead atoms. The van der Waals surface area contributed by atoms with Gasteiger partial charge in [0.1, 0.15) is 24.7 Å². The van der Waals surface area contributed by atoms with E-state index in [1.54, 1.807) is 6.92 Å². The van der Waals surface area contributed by atoms with Gasteiger partial charge in [-0.15, -0.1) is 0 Å². The van der Waals surface area contributed by atoms with Crippen LogP contribution in [0.1, 0.15) is 12.5 Å². The molecule has 2 rings (SSSR count). The summed E-state index contributed by atoms with van der Waals surface area (Å²) in [7, 11) is 0. The highest BCUT2D eigenvalue weighted by molar-refractivity contribution is 9.10. The van der Waals surface area contributed by atoms with Gasteiger partial charge in [0.2, 0.25) is 0 Å². The van der Waals surface area contributed by atoms with Gasteiger partial charge in [0.15, 0.2) is 0 Å². The molecule has 112 valence electrons. The second-order valence-corrected chi connectivity index (χ2v) is 5.76. The molecule has 0 amide bonds. The van der Waals surface area contributed by atoms with Gasteiger partial charge < -0.3 is 14.6 Å². The minimum absolute atomic E-state index is 0.323. The molecule has 0 saturated heterocycles. The van der Waals surface area contributed by atoms with E-state index < -0.39 is 0 Å². The minimum Gasteiger partial charge on any atom is -0.490 e. The fourth-order valence-corrected chi connectivity index (χ4v) is 2.18. The van der Waals surface area contributed by atoms with Gasteiger partial charge >= 0.3 is 0 Å². The Hall–Kier alpha value is -1.52. The predicted molar refractivity (Wildman–Crippen MR) is 87.0 cm³/mol. The van der Waals surface area contributed by atoms with Gasteiger partial charge in [-0.25, -0.2) is 0 Å². The van der Waals surface area contributed by atoms with Crippen LogP contribution in [-0.4, -0.2) is 24.4 Å². The topological polar surface area (TPSA) is 38.7 Å². The Balaban J connectivity index is 1.72. The van der Waals surface area contributed by atoms with E-state index in [4.69, 9.17) is 9.47 Å². The van der Waals surface area contributed by atoms with E-state index >= 15 is 0 Å². The fraction of sp³-hybridized carbons (Fsp3) is 0.294. The summed E-state index contributed by atoms with van der Waals surface area (Å²) in [6.45, 7) is 2.77. The number of ether oxygens (including phenoxy) is 2. The largest absolute Gasteiger partial charge is 0.490 e. The van der Waals surface area contributed by atoms with Crippen molar-refractivity contribution in [2.24, 2.45) is 0 Å². The Kier molecular flexibility index (Phi) is 6.08. The van der Waals surface area contributed by atoms with Gasteiger partial charge in [-0.1, -0.05) is 28.1 Å². The van der Waals surface area contributed by atoms with Crippen molar-refractivity contribution in [3.05, 3.63) is 58.6 Å². The van der Waals surface area contributed by atoms with Crippen molar-refractivity contribution in [3.8, 4) is 11.5 Å². The first-order valence-corrected chi connectivity index (χ1v) is 7.71. The molecule has 0 aliphatic rings. The lowest BCUT2D eigenvalue weighted by Gasteiger charge is -2.09. The standard InChI is InChI=1S/C17H19BrO3/c1-13(19)12-14-2-6-16(7-3-14)20-10-11-21-17-8-4-15(18)5-9-17/h2-9,13,19H,10-12H2,1H3. The van der Waals surface area contributed by atoms with Gasteiger partial charge in [0.05, 0.1) is 6.10 Å². The maximum absolute atomic E-state index is 9.32.